The summed E-state index contributed by atoms with van der Waals surface area (Å²) in [5.74, 6) is 0.0573. The maximum Gasteiger partial charge on any atom is 0.239 e. The summed E-state index contributed by atoms with van der Waals surface area (Å²) < 4.78 is 22.5. The first-order chi connectivity index (χ1) is 8.10. The molecule has 0 aromatic heterocycles. The van der Waals surface area contributed by atoms with Gasteiger partial charge in [-0.1, -0.05) is 24.6 Å². The fourth-order valence-corrected chi connectivity index (χ4v) is 2.81. The van der Waals surface area contributed by atoms with Crippen molar-refractivity contribution >= 4 is 27.4 Å². The van der Waals surface area contributed by atoms with Crippen LogP contribution in [0.2, 0.25) is 5.02 Å². The predicted molar refractivity (Wildman–Crippen MR) is 71.1 cm³/mol. The second kappa shape index (κ2) is 4.99. The predicted octanol–water partition coefficient (Wildman–Crippen LogP) is 2.24. The summed E-state index contributed by atoms with van der Waals surface area (Å²) in [6.07, 6.45) is 0.404. The summed E-state index contributed by atoms with van der Waals surface area (Å²) in [5, 5.41) is 5.06. The second-order valence-electron chi connectivity index (χ2n) is 4.59. The number of ketones is 1. The fraction of sp³-hybridized carbons (Fsp3) is 0.417. The first-order valence-corrected chi connectivity index (χ1v) is 7.39. The third-order valence-corrected chi connectivity index (χ3v) is 4.37. The smallest absolute Gasteiger partial charge is 0.239 e. The molecule has 18 heavy (non-hydrogen) atoms. The average Bonchev–Trinajstić information content (AvgIpc) is 2.25. The van der Waals surface area contributed by atoms with Gasteiger partial charge in [0.2, 0.25) is 10.0 Å². The summed E-state index contributed by atoms with van der Waals surface area (Å²) >= 11 is 5.90. The highest BCUT2D eigenvalue weighted by molar-refractivity contribution is 7.89. The minimum Gasteiger partial charge on any atom is -0.299 e. The molecular formula is C12H16ClNO3S. The van der Waals surface area contributed by atoms with Gasteiger partial charge in [0.15, 0.2) is 0 Å². The Hall–Kier alpha value is -0.910. The van der Waals surface area contributed by atoms with Crippen molar-refractivity contribution in [1.82, 2.24) is 0 Å². The Balaban J connectivity index is 3.33. The van der Waals surface area contributed by atoms with Crippen LogP contribution in [0.25, 0.3) is 0 Å². The van der Waals surface area contributed by atoms with Crippen molar-refractivity contribution in [3.05, 3.63) is 28.8 Å². The lowest BCUT2D eigenvalue weighted by atomic mass is 9.80. The summed E-state index contributed by atoms with van der Waals surface area (Å²) in [6.45, 7) is 5.34. The van der Waals surface area contributed by atoms with Crippen LogP contribution < -0.4 is 5.14 Å². The van der Waals surface area contributed by atoms with Crippen LogP contribution >= 0.6 is 11.6 Å². The number of carbonyl (C=O) groups excluding carboxylic acids is 1. The Morgan fingerprint density at radius 2 is 1.94 bits per heavy atom. The Morgan fingerprint density at radius 3 is 2.33 bits per heavy atom. The molecule has 0 saturated carbocycles. The molecule has 1 aromatic carbocycles. The maximum atomic E-state index is 11.8. The van der Waals surface area contributed by atoms with E-state index in [4.69, 9.17) is 16.7 Å². The van der Waals surface area contributed by atoms with Crippen molar-refractivity contribution in [2.75, 3.05) is 0 Å². The van der Waals surface area contributed by atoms with E-state index in [1.807, 2.05) is 0 Å². The van der Waals surface area contributed by atoms with Crippen LogP contribution in [0.3, 0.4) is 0 Å². The Morgan fingerprint density at radius 1 is 1.39 bits per heavy atom. The molecule has 0 amide bonds. The van der Waals surface area contributed by atoms with Crippen LogP contribution in [-0.4, -0.2) is 14.2 Å². The molecule has 4 nitrogen and oxygen atoms in total. The molecule has 1 rings (SSSR count). The van der Waals surface area contributed by atoms with Crippen molar-refractivity contribution in [2.24, 2.45) is 5.14 Å². The normalized spacial score (nSPS) is 12.5. The van der Waals surface area contributed by atoms with Crippen LogP contribution in [0.4, 0.5) is 0 Å². The number of hydrogen-bond acceptors (Lipinski definition) is 3. The van der Waals surface area contributed by atoms with Crippen molar-refractivity contribution in [3.63, 3.8) is 0 Å². The van der Waals surface area contributed by atoms with Gasteiger partial charge >= 0.3 is 0 Å². The number of benzene rings is 1. The van der Waals surface area contributed by atoms with Gasteiger partial charge in [-0.2, -0.15) is 0 Å². The molecule has 0 aliphatic carbocycles. The zero-order valence-corrected chi connectivity index (χ0v) is 12.1. The van der Waals surface area contributed by atoms with E-state index in [0.29, 0.717) is 12.0 Å². The molecule has 0 aliphatic rings. The first-order valence-electron chi connectivity index (χ1n) is 5.46. The number of hydrogen-bond donors (Lipinski definition) is 1. The third kappa shape index (κ3) is 2.91. The Bertz CT molecular complexity index is 579. The Kier molecular flexibility index (Phi) is 4.20. The minimum atomic E-state index is -3.84. The highest BCUT2D eigenvalue weighted by atomic mass is 35.5. The van der Waals surface area contributed by atoms with E-state index >= 15 is 0 Å². The lowest BCUT2D eigenvalue weighted by molar-refractivity contribution is -0.123. The van der Waals surface area contributed by atoms with E-state index in [2.05, 4.69) is 0 Å². The van der Waals surface area contributed by atoms with Crippen molar-refractivity contribution in [2.45, 2.75) is 37.5 Å². The minimum absolute atomic E-state index is 0.0342. The van der Waals surface area contributed by atoms with Gasteiger partial charge in [0.1, 0.15) is 10.7 Å². The van der Waals surface area contributed by atoms with Gasteiger partial charge in [0.05, 0.1) is 5.02 Å². The van der Waals surface area contributed by atoms with Gasteiger partial charge in [-0.05, 0) is 31.5 Å². The number of halogens is 1. The SMILES string of the molecule is CCC(=O)C(C)(C)c1ccc(S(N)(=O)=O)c(Cl)c1. The molecule has 0 spiro atoms. The summed E-state index contributed by atoms with van der Waals surface area (Å²) in [5.41, 5.74) is -0.0262. The van der Waals surface area contributed by atoms with Gasteiger partial charge in [-0.15, -0.1) is 0 Å². The summed E-state index contributed by atoms with van der Waals surface area (Å²) in [4.78, 5) is 11.7. The molecule has 0 unspecified atom stereocenters. The van der Waals surface area contributed by atoms with Crippen molar-refractivity contribution in [1.29, 1.82) is 0 Å². The molecular weight excluding hydrogens is 274 g/mol. The van der Waals surface area contributed by atoms with Crippen molar-refractivity contribution in [3.8, 4) is 0 Å². The first kappa shape index (κ1) is 15.1. The van der Waals surface area contributed by atoms with E-state index < -0.39 is 15.4 Å². The van der Waals surface area contributed by atoms with Crippen LogP contribution in [-0.2, 0) is 20.2 Å². The zero-order chi connectivity index (χ0) is 14.1. The molecule has 6 heteroatoms. The van der Waals surface area contributed by atoms with Crippen LogP contribution in [0, 0.1) is 0 Å². The van der Waals surface area contributed by atoms with E-state index in [1.165, 1.54) is 12.1 Å². The molecule has 0 atom stereocenters. The quantitative estimate of drug-likeness (QED) is 0.923. The third-order valence-electron chi connectivity index (χ3n) is 2.98. The van der Waals surface area contributed by atoms with E-state index in [9.17, 15) is 13.2 Å². The number of Topliss-reactive ketones (excluding diaryl/α,β-unsaturated/α-hetero) is 1. The Labute approximate surface area is 112 Å². The van der Waals surface area contributed by atoms with Crippen LogP contribution in [0.15, 0.2) is 23.1 Å². The molecule has 0 fully saturated rings. The van der Waals surface area contributed by atoms with Gasteiger partial charge in [-0.3, -0.25) is 4.79 Å². The van der Waals surface area contributed by atoms with Crippen molar-refractivity contribution < 1.29 is 13.2 Å². The molecule has 2 N–H and O–H groups in total. The lowest BCUT2D eigenvalue weighted by Crippen LogP contribution is -2.28. The number of carbonyl (C=O) groups is 1. The lowest BCUT2D eigenvalue weighted by Gasteiger charge is -2.23. The van der Waals surface area contributed by atoms with E-state index in [0.717, 1.165) is 0 Å². The fourth-order valence-electron chi connectivity index (χ4n) is 1.72. The van der Waals surface area contributed by atoms with Gasteiger partial charge in [0.25, 0.3) is 0 Å². The van der Waals surface area contributed by atoms with Gasteiger partial charge < -0.3 is 0 Å². The van der Waals surface area contributed by atoms with E-state index in [-0.39, 0.29) is 15.7 Å². The van der Waals surface area contributed by atoms with Crippen LogP contribution in [0.1, 0.15) is 32.8 Å². The molecule has 100 valence electrons. The molecule has 0 radical (unpaired) electrons. The van der Waals surface area contributed by atoms with E-state index in [1.54, 1.807) is 26.8 Å². The second-order valence-corrected chi connectivity index (χ2v) is 6.53. The maximum absolute atomic E-state index is 11.8. The van der Waals surface area contributed by atoms with Gasteiger partial charge in [0, 0.05) is 11.8 Å². The monoisotopic (exact) mass is 289 g/mol. The number of nitrogens with two attached hydrogens (primary N) is 1. The average molecular weight is 290 g/mol. The largest absolute Gasteiger partial charge is 0.299 e. The van der Waals surface area contributed by atoms with Crippen LogP contribution in [0.5, 0.6) is 0 Å². The number of primary sulfonamides is 1. The summed E-state index contributed by atoms with van der Waals surface area (Å²) in [6, 6.07) is 4.38. The molecule has 0 aliphatic heterocycles. The summed E-state index contributed by atoms with van der Waals surface area (Å²) in [7, 11) is -3.84. The topological polar surface area (TPSA) is 77.2 Å². The molecule has 1 aromatic rings. The van der Waals surface area contributed by atoms with Gasteiger partial charge in [-0.25, -0.2) is 13.6 Å². The number of sulfonamides is 1. The highest BCUT2D eigenvalue weighted by Gasteiger charge is 2.29. The standard InChI is InChI=1S/C12H16ClNO3S/c1-4-11(15)12(2,3)8-5-6-10(9(13)7-8)18(14,16)17/h5-7H,4H2,1-3H3,(H2,14,16,17). The zero-order valence-electron chi connectivity index (χ0n) is 10.5. The molecule has 0 bridgehead atoms. The molecule has 0 saturated heterocycles. The molecule has 0 heterocycles. The highest BCUT2D eigenvalue weighted by Crippen LogP contribution is 2.30. The number of rotatable bonds is 4.